The molecule has 0 atom stereocenters. The van der Waals surface area contributed by atoms with E-state index in [0.29, 0.717) is 31.6 Å². The Morgan fingerprint density at radius 2 is 2.05 bits per heavy atom. The Bertz CT molecular complexity index is 570. The number of sulfonamides is 1. The van der Waals surface area contributed by atoms with Gasteiger partial charge >= 0.3 is 0 Å². The fraction of sp³-hybridized carbons (Fsp3) is 0.533. The largest absolute Gasteiger partial charge is 0.356 e. The van der Waals surface area contributed by atoms with Crippen LogP contribution < -0.4 is 9.62 Å². The van der Waals surface area contributed by atoms with E-state index < -0.39 is 10.0 Å². The SMILES string of the molecule is CCCNC(=O)CCCN(c1cccc(C)c1)S(C)(=O)=O. The van der Waals surface area contributed by atoms with Crippen LogP contribution in [0.3, 0.4) is 0 Å². The molecule has 1 aromatic rings. The molecule has 0 aliphatic heterocycles. The summed E-state index contributed by atoms with van der Waals surface area (Å²) in [5.41, 5.74) is 1.65. The van der Waals surface area contributed by atoms with E-state index in [1.807, 2.05) is 32.0 Å². The predicted molar refractivity (Wildman–Crippen MR) is 85.9 cm³/mol. The molecule has 0 saturated heterocycles. The zero-order chi connectivity index (χ0) is 15.9. The van der Waals surface area contributed by atoms with Crippen LogP contribution in [0.5, 0.6) is 0 Å². The van der Waals surface area contributed by atoms with E-state index in [4.69, 9.17) is 0 Å². The minimum absolute atomic E-state index is 0.0328. The third-order valence-corrected chi connectivity index (χ3v) is 4.22. The summed E-state index contributed by atoms with van der Waals surface area (Å²) in [6, 6.07) is 7.35. The summed E-state index contributed by atoms with van der Waals surface area (Å²) < 4.78 is 25.2. The Balaban J connectivity index is 2.67. The smallest absolute Gasteiger partial charge is 0.232 e. The summed E-state index contributed by atoms with van der Waals surface area (Å²) in [6.07, 6.45) is 2.91. The second-order valence-electron chi connectivity index (χ2n) is 5.13. The minimum atomic E-state index is -3.35. The van der Waals surface area contributed by atoms with Crippen molar-refractivity contribution in [3.8, 4) is 0 Å². The number of nitrogens with zero attached hydrogens (tertiary/aromatic N) is 1. The Hall–Kier alpha value is -1.56. The summed E-state index contributed by atoms with van der Waals surface area (Å²) in [5.74, 6) is -0.0328. The molecule has 118 valence electrons. The Labute approximate surface area is 127 Å². The normalized spacial score (nSPS) is 11.2. The first-order valence-corrected chi connectivity index (χ1v) is 9.00. The van der Waals surface area contributed by atoms with Crippen LogP contribution in [-0.4, -0.2) is 33.7 Å². The van der Waals surface area contributed by atoms with Crippen molar-refractivity contribution in [1.82, 2.24) is 5.32 Å². The molecule has 0 aromatic heterocycles. The van der Waals surface area contributed by atoms with Crippen LogP contribution in [0.15, 0.2) is 24.3 Å². The fourth-order valence-corrected chi connectivity index (χ4v) is 2.96. The number of rotatable bonds is 8. The summed E-state index contributed by atoms with van der Waals surface area (Å²) in [5, 5.41) is 2.79. The van der Waals surface area contributed by atoms with Gasteiger partial charge in [-0.1, -0.05) is 19.1 Å². The molecule has 1 N–H and O–H groups in total. The van der Waals surface area contributed by atoms with Crippen molar-refractivity contribution >= 4 is 21.6 Å². The van der Waals surface area contributed by atoms with Crippen LogP contribution in [0, 0.1) is 6.92 Å². The number of anilines is 1. The quantitative estimate of drug-likeness (QED) is 0.799. The molecule has 0 saturated carbocycles. The molecule has 0 bridgehead atoms. The van der Waals surface area contributed by atoms with E-state index in [0.717, 1.165) is 12.0 Å². The van der Waals surface area contributed by atoms with Crippen LogP contribution >= 0.6 is 0 Å². The number of hydrogen-bond acceptors (Lipinski definition) is 3. The molecule has 0 spiro atoms. The topological polar surface area (TPSA) is 66.5 Å². The minimum Gasteiger partial charge on any atom is -0.356 e. The maximum atomic E-state index is 11.9. The van der Waals surface area contributed by atoms with Gasteiger partial charge in [-0.15, -0.1) is 0 Å². The number of amides is 1. The molecule has 1 amide bonds. The molecule has 6 heteroatoms. The molecular weight excluding hydrogens is 288 g/mol. The van der Waals surface area contributed by atoms with Crippen LogP contribution in [0.2, 0.25) is 0 Å². The molecule has 0 aliphatic carbocycles. The van der Waals surface area contributed by atoms with Crippen molar-refractivity contribution in [3.05, 3.63) is 29.8 Å². The third kappa shape index (κ3) is 6.16. The molecule has 0 unspecified atom stereocenters. The van der Waals surface area contributed by atoms with Crippen LogP contribution in [0.4, 0.5) is 5.69 Å². The van der Waals surface area contributed by atoms with E-state index in [9.17, 15) is 13.2 Å². The summed E-state index contributed by atoms with van der Waals surface area (Å²) >= 11 is 0. The van der Waals surface area contributed by atoms with Gasteiger partial charge in [0.25, 0.3) is 0 Å². The molecule has 0 fully saturated rings. The Morgan fingerprint density at radius 1 is 1.33 bits per heavy atom. The molecule has 0 radical (unpaired) electrons. The Morgan fingerprint density at radius 3 is 2.62 bits per heavy atom. The first-order valence-electron chi connectivity index (χ1n) is 7.15. The zero-order valence-corrected chi connectivity index (χ0v) is 13.7. The highest BCUT2D eigenvalue weighted by molar-refractivity contribution is 7.92. The van der Waals surface area contributed by atoms with Crippen molar-refractivity contribution in [1.29, 1.82) is 0 Å². The third-order valence-electron chi connectivity index (χ3n) is 3.03. The van der Waals surface area contributed by atoms with Crippen LogP contribution in [-0.2, 0) is 14.8 Å². The van der Waals surface area contributed by atoms with Gasteiger partial charge in [0.2, 0.25) is 15.9 Å². The molecule has 0 heterocycles. The lowest BCUT2D eigenvalue weighted by Gasteiger charge is -2.22. The maximum absolute atomic E-state index is 11.9. The monoisotopic (exact) mass is 312 g/mol. The number of aryl methyl sites for hydroxylation is 1. The standard InChI is InChI=1S/C15H24N2O3S/c1-4-10-16-15(18)9-6-11-17(21(3,19)20)14-8-5-7-13(2)12-14/h5,7-8,12H,4,6,9-11H2,1-3H3,(H,16,18). The second-order valence-corrected chi connectivity index (χ2v) is 7.03. The molecule has 1 aromatic carbocycles. The fourth-order valence-electron chi connectivity index (χ4n) is 2.01. The zero-order valence-electron chi connectivity index (χ0n) is 12.9. The highest BCUT2D eigenvalue weighted by Gasteiger charge is 2.17. The maximum Gasteiger partial charge on any atom is 0.232 e. The number of carbonyl (C=O) groups excluding carboxylic acids is 1. The first-order chi connectivity index (χ1) is 9.84. The molecule has 21 heavy (non-hydrogen) atoms. The van der Waals surface area contributed by atoms with Gasteiger partial charge in [0.1, 0.15) is 0 Å². The number of hydrogen-bond donors (Lipinski definition) is 1. The van der Waals surface area contributed by atoms with E-state index in [1.54, 1.807) is 6.07 Å². The molecule has 1 rings (SSSR count). The second kappa shape index (κ2) is 8.02. The predicted octanol–water partition coefficient (Wildman–Crippen LogP) is 2.07. The number of carbonyl (C=O) groups is 1. The highest BCUT2D eigenvalue weighted by Crippen LogP contribution is 2.19. The van der Waals surface area contributed by atoms with Gasteiger partial charge in [0, 0.05) is 19.5 Å². The lowest BCUT2D eigenvalue weighted by Crippen LogP contribution is -2.32. The summed E-state index contributed by atoms with van der Waals surface area (Å²) in [4.78, 5) is 11.5. The number of benzene rings is 1. The van der Waals surface area contributed by atoms with Crippen molar-refractivity contribution < 1.29 is 13.2 Å². The van der Waals surface area contributed by atoms with E-state index in [2.05, 4.69) is 5.32 Å². The van der Waals surface area contributed by atoms with Gasteiger partial charge in [-0.2, -0.15) is 0 Å². The van der Waals surface area contributed by atoms with Gasteiger partial charge in [-0.3, -0.25) is 9.10 Å². The van der Waals surface area contributed by atoms with E-state index >= 15 is 0 Å². The van der Waals surface area contributed by atoms with Gasteiger partial charge in [-0.05, 0) is 37.5 Å². The first kappa shape index (κ1) is 17.5. The number of nitrogens with one attached hydrogen (secondary N) is 1. The van der Waals surface area contributed by atoms with Gasteiger partial charge in [0.05, 0.1) is 11.9 Å². The van der Waals surface area contributed by atoms with Crippen molar-refractivity contribution in [2.45, 2.75) is 33.1 Å². The summed E-state index contributed by atoms with van der Waals surface area (Å²) in [7, 11) is -3.35. The van der Waals surface area contributed by atoms with Crippen molar-refractivity contribution in [2.75, 3.05) is 23.7 Å². The van der Waals surface area contributed by atoms with Gasteiger partial charge in [0.15, 0.2) is 0 Å². The Kier molecular flexibility index (Phi) is 6.68. The molecule has 0 aliphatic rings. The highest BCUT2D eigenvalue weighted by atomic mass is 32.2. The van der Waals surface area contributed by atoms with Gasteiger partial charge < -0.3 is 5.32 Å². The average Bonchev–Trinajstić information content (AvgIpc) is 2.39. The molecule has 5 nitrogen and oxygen atoms in total. The average molecular weight is 312 g/mol. The molecular formula is C15H24N2O3S. The van der Waals surface area contributed by atoms with Gasteiger partial charge in [-0.25, -0.2) is 8.42 Å². The van der Waals surface area contributed by atoms with Crippen LogP contribution in [0.25, 0.3) is 0 Å². The lowest BCUT2D eigenvalue weighted by atomic mass is 10.2. The van der Waals surface area contributed by atoms with Crippen LogP contribution in [0.1, 0.15) is 31.7 Å². The van der Waals surface area contributed by atoms with E-state index in [1.165, 1.54) is 10.6 Å². The van der Waals surface area contributed by atoms with Crippen molar-refractivity contribution in [3.63, 3.8) is 0 Å². The lowest BCUT2D eigenvalue weighted by molar-refractivity contribution is -0.121. The van der Waals surface area contributed by atoms with Crippen molar-refractivity contribution in [2.24, 2.45) is 0 Å². The van der Waals surface area contributed by atoms with E-state index in [-0.39, 0.29) is 5.91 Å². The summed E-state index contributed by atoms with van der Waals surface area (Å²) in [6.45, 7) is 4.87.